The van der Waals surface area contributed by atoms with E-state index in [1.54, 1.807) is 6.07 Å². The van der Waals surface area contributed by atoms with E-state index in [0.29, 0.717) is 5.69 Å². The predicted molar refractivity (Wildman–Crippen MR) is 130 cm³/mol. The molecule has 3 amide bonds. The molecule has 0 unspecified atom stereocenters. The number of nitrogens with one attached hydrogen (secondary N) is 1. The summed E-state index contributed by atoms with van der Waals surface area (Å²) in [5.41, 5.74) is 3.26. The summed E-state index contributed by atoms with van der Waals surface area (Å²) < 4.78 is 0. The van der Waals surface area contributed by atoms with Gasteiger partial charge >= 0.3 is 6.09 Å². The van der Waals surface area contributed by atoms with Gasteiger partial charge in [0.2, 0.25) is 5.91 Å². The van der Waals surface area contributed by atoms with Gasteiger partial charge < -0.3 is 25.3 Å². The molecule has 0 radical (unpaired) electrons. The van der Waals surface area contributed by atoms with Crippen molar-refractivity contribution in [3.63, 3.8) is 0 Å². The van der Waals surface area contributed by atoms with Crippen LogP contribution in [0, 0.1) is 0 Å². The van der Waals surface area contributed by atoms with Crippen molar-refractivity contribution in [1.29, 1.82) is 0 Å². The van der Waals surface area contributed by atoms with Gasteiger partial charge in [-0.05, 0) is 23.3 Å². The van der Waals surface area contributed by atoms with Crippen molar-refractivity contribution >= 4 is 17.9 Å². The van der Waals surface area contributed by atoms with Crippen LogP contribution in [0.5, 0.6) is 0 Å². The molecule has 0 bridgehead atoms. The van der Waals surface area contributed by atoms with Gasteiger partial charge in [0, 0.05) is 31.7 Å². The van der Waals surface area contributed by atoms with Crippen molar-refractivity contribution in [1.82, 2.24) is 20.1 Å². The molecule has 1 aliphatic heterocycles. The third-order valence-electron chi connectivity index (χ3n) is 5.88. The molecule has 3 N–H and O–H groups in total. The Morgan fingerprint density at radius 2 is 1.40 bits per heavy atom. The number of piperazine rings is 1. The summed E-state index contributed by atoms with van der Waals surface area (Å²) in [6, 6.07) is 21.4. The summed E-state index contributed by atoms with van der Waals surface area (Å²) in [7, 11) is 0. The number of aliphatic hydroxyl groups is 1. The number of rotatable bonds is 6. The molecule has 2 aromatic carbocycles. The number of benzene rings is 2. The molecule has 3 aromatic rings. The normalized spacial score (nSPS) is 14.3. The Hall–Kier alpha value is -4.24. The van der Waals surface area contributed by atoms with Crippen molar-refractivity contribution in [2.75, 3.05) is 32.8 Å². The van der Waals surface area contributed by atoms with Crippen molar-refractivity contribution in [3.05, 3.63) is 78.5 Å². The SMILES string of the molecule is O=C(N[C@@H](CO)C(=O)N1CCN(C(=O)O)CC1)c1cc(-c2ccccc2)cc(-c2ccccc2)n1. The van der Waals surface area contributed by atoms with Gasteiger partial charge in [0.1, 0.15) is 11.7 Å². The second kappa shape index (κ2) is 10.8. The lowest BCUT2D eigenvalue weighted by atomic mass is 10.0. The van der Waals surface area contributed by atoms with Crippen molar-refractivity contribution < 1.29 is 24.6 Å². The maximum atomic E-state index is 13.2. The summed E-state index contributed by atoms with van der Waals surface area (Å²) in [6.45, 7) is 0.144. The molecule has 0 aliphatic carbocycles. The van der Waals surface area contributed by atoms with Gasteiger partial charge in [0.15, 0.2) is 0 Å². The first-order valence-corrected chi connectivity index (χ1v) is 11.3. The van der Waals surface area contributed by atoms with E-state index in [-0.39, 0.29) is 31.9 Å². The number of aromatic nitrogens is 1. The molecule has 0 saturated carbocycles. The Labute approximate surface area is 202 Å². The van der Waals surface area contributed by atoms with Gasteiger partial charge in [-0.15, -0.1) is 0 Å². The highest BCUT2D eigenvalue weighted by atomic mass is 16.4. The van der Waals surface area contributed by atoms with Crippen LogP contribution in [-0.4, -0.2) is 81.7 Å². The Bertz CT molecular complexity index is 1140. The first-order chi connectivity index (χ1) is 17.0. The van der Waals surface area contributed by atoms with Crippen LogP contribution >= 0.6 is 0 Å². The van der Waals surface area contributed by atoms with Crippen LogP contribution in [0.25, 0.3) is 22.4 Å². The molecule has 1 fully saturated rings. The third-order valence-corrected chi connectivity index (χ3v) is 5.88. The van der Waals surface area contributed by atoms with Gasteiger partial charge in [-0.3, -0.25) is 9.59 Å². The van der Waals surface area contributed by atoms with Crippen molar-refractivity contribution in [3.8, 4) is 22.4 Å². The molecule has 4 rings (SSSR count). The molecular weight excluding hydrogens is 448 g/mol. The van der Waals surface area contributed by atoms with Gasteiger partial charge in [-0.1, -0.05) is 60.7 Å². The molecule has 9 heteroatoms. The van der Waals surface area contributed by atoms with E-state index in [0.717, 1.165) is 16.7 Å². The van der Waals surface area contributed by atoms with Gasteiger partial charge in [-0.2, -0.15) is 0 Å². The van der Waals surface area contributed by atoms with Crippen LogP contribution in [0.15, 0.2) is 72.8 Å². The minimum absolute atomic E-state index is 0.118. The van der Waals surface area contributed by atoms with Crippen molar-refractivity contribution in [2.24, 2.45) is 0 Å². The Morgan fingerprint density at radius 1 is 0.829 bits per heavy atom. The lowest BCUT2D eigenvalue weighted by molar-refractivity contribution is -0.135. The molecule has 1 aromatic heterocycles. The fourth-order valence-electron chi connectivity index (χ4n) is 3.96. The average molecular weight is 475 g/mol. The lowest BCUT2D eigenvalue weighted by Gasteiger charge is -2.34. The molecule has 35 heavy (non-hydrogen) atoms. The number of nitrogens with zero attached hydrogens (tertiary/aromatic N) is 3. The molecule has 1 atom stereocenters. The first-order valence-electron chi connectivity index (χ1n) is 11.3. The van der Waals surface area contributed by atoms with Crippen LogP contribution in [-0.2, 0) is 4.79 Å². The van der Waals surface area contributed by atoms with Crippen LogP contribution in [0.4, 0.5) is 4.79 Å². The summed E-state index contributed by atoms with van der Waals surface area (Å²) in [6.07, 6.45) is -1.04. The second-order valence-electron chi connectivity index (χ2n) is 8.16. The Morgan fingerprint density at radius 3 is 1.97 bits per heavy atom. The molecule has 1 saturated heterocycles. The fourth-order valence-corrected chi connectivity index (χ4v) is 3.96. The van der Waals surface area contributed by atoms with Gasteiger partial charge in [-0.25, -0.2) is 9.78 Å². The van der Waals surface area contributed by atoms with E-state index in [2.05, 4.69) is 10.3 Å². The lowest BCUT2D eigenvalue weighted by Crippen LogP contribution is -2.56. The number of carbonyl (C=O) groups excluding carboxylic acids is 2. The number of carbonyl (C=O) groups is 3. The molecule has 1 aliphatic rings. The largest absolute Gasteiger partial charge is 0.465 e. The zero-order valence-corrected chi connectivity index (χ0v) is 19.0. The highest BCUT2D eigenvalue weighted by molar-refractivity contribution is 5.97. The quantitative estimate of drug-likeness (QED) is 0.504. The molecule has 180 valence electrons. The Kier molecular flexibility index (Phi) is 7.37. The first kappa shape index (κ1) is 23.9. The van der Waals surface area contributed by atoms with E-state index in [1.807, 2.05) is 66.7 Å². The molecule has 2 heterocycles. The number of aliphatic hydroxyl groups excluding tert-OH is 1. The van der Waals surface area contributed by atoms with E-state index in [9.17, 15) is 19.5 Å². The van der Waals surface area contributed by atoms with Crippen LogP contribution in [0.3, 0.4) is 0 Å². The monoisotopic (exact) mass is 474 g/mol. The van der Waals surface area contributed by atoms with E-state index >= 15 is 0 Å². The number of pyridine rings is 1. The maximum absolute atomic E-state index is 13.2. The Balaban J connectivity index is 1.57. The minimum atomic E-state index is -1.17. The number of hydrogen-bond donors (Lipinski definition) is 3. The number of amides is 3. The molecule has 9 nitrogen and oxygen atoms in total. The van der Waals surface area contributed by atoms with Gasteiger partial charge in [0.05, 0.1) is 12.3 Å². The standard InChI is InChI=1S/C26H26N4O5/c31-17-23(25(33)29-11-13-30(14-12-29)26(34)35)28-24(32)22-16-20(18-7-3-1-4-8-18)15-21(27-22)19-9-5-2-6-10-19/h1-10,15-16,23,31H,11-14,17H2,(H,28,32)(H,34,35)/t23-/m0/s1. The number of hydrogen-bond acceptors (Lipinski definition) is 5. The zero-order chi connectivity index (χ0) is 24.8. The summed E-state index contributed by atoms with van der Waals surface area (Å²) in [4.78, 5) is 44.4. The van der Waals surface area contributed by atoms with Crippen LogP contribution < -0.4 is 5.32 Å². The third kappa shape index (κ3) is 5.64. The smallest absolute Gasteiger partial charge is 0.407 e. The van der Waals surface area contributed by atoms with Crippen LogP contribution in [0.1, 0.15) is 10.5 Å². The van der Waals surface area contributed by atoms with E-state index < -0.39 is 30.6 Å². The highest BCUT2D eigenvalue weighted by Gasteiger charge is 2.30. The molecular formula is C26H26N4O5. The summed E-state index contributed by atoms with van der Waals surface area (Å²) in [5, 5.41) is 21.5. The maximum Gasteiger partial charge on any atom is 0.407 e. The van der Waals surface area contributed by atoms with Crippen LogP contribution in [0.2, 0.25) is 0 Å². The average Bonchev–Trinajstić information content (AvgIpc) is 2.92. The second-order valence-corrected chi connectivity index (χ2v) is 8.16. The fraction of sp³-hybridized carbons (Fsp3) is 0.231. The topological polar surface area (TPSA) is 123 Å². The van der Waals surface area contributed by atoms with Crippen molar-refractivity contribution in [2.45, 2.75) is 6.04 Å². The van der Waals surface area contributed by atoms with E-state index in [4.69, 9.17) is 5.11 Å². The summed E-state index contributed by atoms with van der Waals surface area (Å²) in [5.74, 6) is -1.05. The summed E-state index contributed by atoms with van der Waals surface area (Å²) >= 11 is 0. The van der Waals surface area contributed by atoms with E-state index in [1.165, 1.54) is 9.80 Å². The number of carboxylic acid groups (broad SMARTS) is 1. The minimum Gasteiger partial charge on any atom is -0.465 e. The molecule has 0 spiro atoms. The van der Waals surface area contributed by atoms with Gasteiger partial charge in [0.25, 0.3) is 5.91 Å². The zero-order valence-electron chi connectivity index (χ0n) is 19.0. The highest BCUT2D eigenvalue weighted by Crippen LogP contribution is 2.26. The predicted octanol–water partition coefficient (Wildman–Crippen LogP) is 2.33.